The fourth-order valence-electron chi connectivity index (χ4n) is 4.46. The second-order valence-corrected chi connectivity index (χ2v) is 10.9. The molecule has 0 amide bonds. The van der Waals surface area contributed by atoms with E-state index in [2.05, 4.69) is 15.9 Å². The average molecular weight is 568 g/mol. The van der Waals surface area contributed by atoms with E-state index in [4.69, 9.17) is 15.2 Å². The molecule has 10 heteroatoms. The van der Waals surface area contributed by atoms with E-state index in [1.165, 1.54) is 29.6 Å². The van der Waals surface area contributed by atoms with Gasteiger partial charge in [0.05, 0.1) is 25.3 Å². The lowest BCUT2D eigenvalue weighted by atomic mass is 9.88. The number of nitriles is 1. The van der Waals surface area contributed by atoms with Crippen molar-refractivity contribution in [2.75, 3.05) is 11.4 Å². The van der Waals surface area contributed by atoms with Crippen LogP contribution in [0, 0.1) is 17.1 Å². The fourth-order valence-corrected chi connectivity index (χ4v) is 6.75. The molecule has 36 heavy (non-hydrogen) atoms. The van der Waals surface area contributed by atoms with Crippen molar-refractivity contribution in [2.24, 2.45) is 5.73 Å². The summed E-state index contributed by atoms with van der Waals surface area (Å²) in [5.41, 5.74) is 7.41. The molecule has 1 unspecified atom stereocenters. The van der Waals surface area contributed by atoms with Gasteiger partial charge in [0, 0.05) is 15.6 Å². The van der Waals surface area contributed by atoms with E-state index in [9.17, 15) is 13.7 Å². The first-order valence-electron chi connectivity index (χ1n) is 10.8. The van der Waals surface area contributed by atoms with Crippen molar-refractivity contribution in [1.82, 2.24) is 0 Å². The highest BCUT2D eigenvalue weighted by Crippen LogP contribution is 2.51. The van der Waals surface area contributed by atoms with Crippen LogP contribution in [0.3, 0.4) is 0 Å². The van der Waals surface area contributed by atoms with Gasteiger partial charge in [-0.3, -0.25) is 4.31 Å². The maximum absolute atomic E-state index is 15.1. The highest BCUT2D eigenvalue weighted by atomic mass is 79.9. The Kier molecular flexibility index (Phi) is 5.98. The molecule has 0 radical (unpaired) electrons. The molecule has 0 spiro atoms. The minimum absolute atomic E-state index is 0.0102. The van der Waals surface area contributed by atoms with Crippen LogP contribution in [-0.4, -0.2) is 15.5 Å². The van der Waals surface area contributed by atoms with E-state index < -0.39 is 21.8 Å². The number of rotatable bonds is 4. The highest BCUT2D eigenvalue weighted by Gasteiger charge is 2.47. The number of hydrogen-bond acceptors (Lipinski definition) is 6. The number of allylic oxidation sites excluding steroid dienone is 2. The first-order valence-corrected chi connectivity index (χ1v) is 13.0. The number of sulfonamides is 1. The Balaban J connectivity index is 1.77. The maximum Gasteiger partial charge on any atom is 0.265 e. The lowest BCUT2D eigenvalue weighted by Gasteiger charge is -2.38. The zero-order chi connectivity index (χ0) is 25.6. The molecule has 2 N–H and O–H groups in total. The van der Waals surface area contributed by atoms with Crippen molar-refractivity contribution < 1.29 is 22.3 Å². The van der Waals surface area contributed by atoms with E-state index in [0.717, 1.165) is 0 Å². The number of halogens is 2. The summed E-state index contributed by atoms with van der Waals surface area (Å²) in [5, 5.41) is 9.92. The molecule has 0 bridgehead atoms. The average Bonchev–Trinajstić information content (AvgIpc) is 2.87. The van der Waals surface area contributed by atoms with E-state index in [1.54, 1.807) is 48.5 Å². The monoisotopic (exact) mass is 567 g/mol. The van der Waals surface area contributed by atoms with Crippen LogP contribution in [0.15, 0.2) is 87.6 Å². The number of fused-ring (bicyclic) bond motifs is 2. The van der Waals surface area contributed by atoms with Gasteiger partial charge in [-0.1, -0.05) is 40.2 Å². The predicted molar refractivity (Wildman–Crippen MR) is 136 cm³/mol. The van der Waals surface area contributed by atoms with Crippen LogP contribution in [0.4, 0.5) is 10.1 Å². The summed E-state index contributed by atoms with van der Waals surface area (Å²) in [4.78, 5) is -0.244. The first kappa shape index (κ1) is 23.9. The topological polar surface area (TPSA) is 106 Å². The molecule has 1 atom stereocenters. The standard InChI is InChI=1S/C26H19BrFN3O4S/c1-34-17-6-4-5-15(11-17)14-31-22-8-3-2-7-18(22)24-25(36(31,32)33)23(20(13-29)26(30)35-24)19-12-16(27)9-10-21(19)28/h2-12,23H,14,30H2,1H3. The van der Waals surface area contributed by atoms with Crippen molar-refractivity contribution in [3.05, 3.63) is 110 Å². The molecule has 3 aromatic carbocycles. The van der Waals surface area contributed by atoms with Crippen molar-refractivity contribution in [3.8, 4) is 11.8 Å². The van der Waals surface area contributed by atoms with Gasteiger partial charge in [-0.05, 0) is 48.0 Å². The van der Waals surface area contributed by atoms with Gasteiger partial charge in [-0.15, -0.1) is 0 Å². The second kappa shape index (κ2) is 9.00. The molecule has 2 heterocycles. The van der Waals surface area contributed by atoms with E-state index in [1.807, 2.05) is 6.07 Å². The summed E-state index contributed by atoms with van der Waals surface area (Å²) >= 11 is 3.32. The first-order chi connectivity index (χ1) is 17.3. The second-order valence-electron chi connectivity index (χ2n) is 8.16. The number of ether oxygens (including phenoxy) is 2. The predicted octanol–water partition coefficient (Wildman–Crippen LogP) is 5.12. The Hall–Kier alpha value is -3.81. The van der Waals surface area contributed by atoms with Crippen molar-refractivity contribution in [2.45, 2.75) is 12.5 Å². The summed E-state index contributed by atoms with van der Waals surface area (Å²) in [6.45, 7) is -0.0257. The largest absolute Gasteiger partial charge is 0.497 e. The van der Waals surface area contributed by atoms with Gasteiger partial charge in [0.15, 0.2) is 5.76 Å². The quantitative estimate of drug-likeness (QED) is 0.468. The van der Waals surface area contributed by atoms with Crippen LogP contribution in [0.25, 0.3) is 5.76 Å². The smallest absolute Gasteiger partial charge is 0.265 e. The molecule has 5 rings (SSSR count). The molecule has 7 nitrogen and oxygen atoms in total. The van der Waals surface area contributed by atoms with Gasteiger partial charge >= 0.3 is 0 Å². The molecule has 2 aliphatic rings. The number of nitrogens with two attached hydrogens (primary N) is 1. The Bertz CT molecular complexity index is 1610. The van der Waals surface area contributed by atoms with Crippen LogP contribution in [0.5, 0.6) is 5.75 Å². The van der Waals surface area contributed by atoms with Crippen LogP contribution in [-0.2, 0) is 21.3 Å². The normalized spacial score (nSPS) is 18.2. The van der Waals surface area contributed by atoms with Crippen LogP contribution in [0.2, 0.25) is 0 Å². The summed E-state index contributed by atoms with van der Waals surface area (Å²) in [6, 6.07) is 20.0. The number of benzene rings is 3. The van der Waals surface area contributed by atoms with Crippen LogP contribution in [0.1, 0.15) is 22.6 Å². The molecule has 0 saturated heterocycles. The molecule has 0 saturated carbocycles. The van der Waals surface area contributed by atoms with Gasteiger partial charge in [0.1, 0.15) is 28.1 Å². The fraction of sp³-hybridized carbons (Fsp3) is 0.115. The molecule has 182 valence electrons. The van der Waals surface area contributed by atoms with Gasteiger partial charge in [-0.2, -0.15) is 5.26 Å². The number of nitrogens with zero attached hydrogens (tertiary/aromatic N) is 2. The molecule has 0 aliphatic carbocycles. The van der Waals surface area contributed by atoms with Crippen molar-refractivity contribution in [1.29, 1.82) is 5.26 Å². The third kappa shape index (κ3) is 3.81. The maximum atomic E-state index is 15.1. The minimum Gasteiger partial charge on any atom is -0.497 e. The Morgan fingerprint density at radius 2 is 1.94 bits per heavy atom. The zero-order valence-corrected chi connectivity index (χ0v) is 21.3. The molecule has 0 aromatic heterocycles. The van der Waals surface area contributed by atoms with E-state index >= 15 is 4.39 Å². The van der Waals surface area contributed by atoms with Crippen molar-refractivity contribution in [3.63, 3.8) is 0 Å². The number of methoxy groups -OCH3 is 1. The number of hydrogen-bond donors (Lipinski definition) is 1. The molecule has 0 fully saturated rings. The number of anilines is 1. The van der Waals surface area contributed by atoms with Gasteiger partial charge in [0.2, 0.25) is 5.88 Å². The lowest BCUT2D eigenvalue weighted by Crippen LogP contribution is -2.39. The number of para-hydroxylation sites is 1. The highest BCUT2D eigenvalue weighted by molar-refractivity contribution is 9.10. The van der Waals surface area contributed by atoms with Gasteiger partial charge < -0.3 is 15.2 Å². The van der Waals surface area contributed by atoms with E-state index in [0.29, 0.717) is 27.0 Å². The Labute approximate surface area is 216 Å². The van der Waals surface area contributed by atoms with E-state index in [-0.39, 0.29) is 34.2 Å². The SMILES string of the molecule is COc1cccc(CN2c3ccccc3C3=C(C(c4cc(Br)ccc4F)C(C#N)=C(N)O3)S2(=O)=O)c1. The summed E-state index contributed by atoms with van der Waals surface area (Å²) in [6.07, 6.45) is 0. The van der Waals surface area contributed by atoms with Crippen LogP contribution < -0.4 is 14.8 Å². The summed E-state index contributed by atoms with van der Waals surface area (Å²) in [5.74, 6) is -1.69. The van der Waals surface area contributed by atoms with Gasteiger partial charge in [-0.25, -0.2) is 12.8 Å². The van der Waals surface area contributed by atoms with Crippen LogP contribution >= 0.6 is 15.9 Å². The van der Waals surface area contributed by atoms with Crippen molar-refractivity contribution >= 4 is 37.4 Å². The molecular weight excluding hydrogens is 549 g/mol. The molecule has 2 aliphatic heterocycles. The molecular formula is C26H19BrFN3O4S. The zero-order valence-electron chi connectivity index (χ0n) is 18.9. The third-order valence-electron chi connectivity index (χ3n) is 6.09. The third-order valence-corrected chi connectivity index (χ3v) is 8.46. The Morgan fingerprint density at radius 3 is 2.69 bits per heavy atom. The summed E-state index contributed by atoms with van der Waals surface area (Å²) in [7, 11) is -2.80. The Morgan fingerprint density at radius 1 is 1.17 bits per heavy atom. The minimum atomic E-state index is -4.32. The van der Waals surface area contributed by atoms with Gasteiger partial charge in [0.25, 0.3) is 10.0 Å². The molecule has 3 aromatic rings. The lowest BCUT2D eigenvalue weighted by molar-refractivity contribution is 0.357. The summed E-state index contributed by atoms with van der Waals surface area (Å²) < 4.78 is 56.5.